The number of halogens is 1. The predicted molar refractivity (Wildman–Crippen MR) is 123 cm³/mol. The first kappa shape index (κ1) is 20.9. The molecule has 0 saturated carbocycles. The number of fused-ring (bicyclic) bond motifs is 1. The molecule has 0 unspecified atom stereocenters. The van der Waals surface area contributed by atoms with Crippen LogP contribution in [0, 0.1) is 6.92 Å². The van der Waals surface area contributed by atoms with Crippen LogP contribution in [-0.2, 0) is 5.41 Å². The number of anilines is 1. The van der Waals surface area contributed by atoms with Crippen LogP contribution < -0.4 is 15.6 Å². The van der Waals surface area contributed by atoms with E-state index in [2.05, 4.69) is 53.3 Å². The summed E-state index contributed by atoms with van der Waals surface area (Å²) >= 11 is 6.06. The Morgan fingerprint density at radius 3 is 2.52 bits per heavy atom. The molecule has 0 spiro atoms. The third-order valence-electron chi connectivity index (χ3n) is 4.96. The summed E-state index contributed by atoms with van der Waals surface area (Å²) in [6, 6.07) is 15.0. The van der Waals surface area contributed by atoms with Gasteiger partial charge >= 0.3 is 0 Å². The van der Waals surface area contributed by atoms with Gasteiger partial charge in [0.15, 0.2) is 18.2 Å². The van der Waals surface area contributed by atoms with Gasteiger partial charge in [-0.2, -0.15) is 4.98 Å². The van der Waals surface area contributed by atoms with Gasteiger partial charge in [0.05, 0.1) is 0 Å². The fraction of sp³-hybridized carbons (Fsp3) is 0.261. The van der Waals surface area contributed by atoms with Crippen LogP contribution in [0.15, 0.2) is 53.3 Å². The van der Waals surface area contributed by atoms with E-state index in [9.17, 15) is 4.79 Å². The van der Waals surface area contributed by atoms with Crippen molar-refractivity contribution in [3.63, 3.8) is 0 Å². The Labute approximate surface area is 185 Å². The van der Waals surface area contributed by atoms with Gasteiger partial charge in [-0.25, -0.2) is 9.50 Å². The Morgan fingerprint density at radius 1 is 1.10 bits per heavy atom. The molecule has 4 rings (SSSR count). The van der Waals surface area contributed by atoms with Crippen LogP contribution in [0.1, 0.15) is 31.9 Å². The summed E-state index contributed by atoms with van der Waals surface area (Å²) in [5.41, 5.74) is 3.29. The number of hydrogen-bond acceptors (Lipinski definition) is 5. The first-order valence-electron chi connectivity index (χ1n) is 9.94. The molecular weight excluding hydrogens is 414 g/mol. The third-order valence-corrected chi connectivity index (χ3v) is 5.39. The van der Waals surface area contributed by atoms with Crippen LogP contribution in [-0.4, -0.2) is 26.3 Å². The lowest BCUT2D eigenvalue weighted by Gasteiger charge is -2.19. The van der Waals surface area contributed by atoms with Crippen molar-refractivity contribution < 1.29 is 4.74 Å². The van der Waals surface area contributed by atoms with Crippen molar-refractivity contribution >= 4 is 23.2 Å². The summed E-state index contributed by atoms with van der Waals surface area (Å²) in [6.45, 7) is 8.57. The van der Waals surface area contributed by atoms with Crippen molar-refractivity contribution in [1.82, 2.24) is 19.6 Å². The molecular formula is C23H24ClN5O2. The van der Waals surface area contributed by atoms with Gasteiger partial charge in [0.1, 0.15) is 5.75 Å². The number of rotatable bonds is 5. The minimum Gasteiger partial charge on any atom is -0.473 e. The summed E-state index contributed by atoms with van der Waals surface area (Å²) in [4.78, 5) is 21.0. The normalized spacial score (nSPS) is 11.6. The lowest BCUT2D eigenvalue weighted by Crippen LogP contribution is -2.15. The molecule has 7 nitrogen and oxygen atoms in total. The number of benzene rings is 2. The minimum atomic E-state index is -0.258. The smallest absolute Gasteiger partial charge is 0.266 e. The van der Waals surface area contributed by atoms with E-state index in [1.807, 2.05) is 25.1 Å². The van der Waals surface area contributed by atoms with E-state index in [0.717, 1.165) is 11.1 Å². The molecule has 0 aliphatic heterocycles. The molecule has 2 aromatic heterocycles. The second-order valence-electron chi connectivity index (χ2n) is 8.39. The number of aryl methyl sites for hydroxylation is 1. The summed E-state index contributed by atoms with van der Waals surface area (Å²) in [5, 5.41) is 6.50. The van der Waals surface area contributed by atoms with Crippen molar-refractivity contribution in [2.45, 2.75) is 33.1 Å². The van der Waals surface area contributed by atoms with Crippen LogP contribution >= 0.6 is 11.6 Å². The lowest BCUT2D eigenvalue weighted by atomic mass is 9.87. The maximum absolute atomic E-state index is 11.9. The highest BCUT2D eigenvalue weighted by molar-refractivity contribution is 6.31. The van der Waals surface area contributed by atoms with Gasteiger partial charge in [-0.15, -0.1) is 0 Å². The van der Waals surface area contributed by atoms with E-state index in [0.29, 0.717) is 28.2 Å². The standard InChI is InChI=1S/C23H24ClN5O2/c1-14-11-17(9-10-18(14)24)31-13-25-22-27-21(26-19-12-20(30)28-29(19)22)15-5-7-16(8-6-15)23(2,3)4/h5-12H,13H2,1-4H3,(H,28,30)(H,25,26,27). The van der Waals surface area contributed by atoms with Gasteiger partial charge in [-0.3, -0.25) is 9.89 Å². The molecule has 0 aliphatic rings. The average Bonchev–Trinajstić information content (AvgIpc) is 3.10. The van der Waals surface area contributed by atoms with Crippen molar-refractivity contribution in [2.75, 3.05) is 12.0 Å². The summed E-state index contributed by atoms with van der Waals surface area (Å²) in [6.07, 6.45) is 0. The highest BCUT2D eigenvalue weighted by Crippen LogP contribution is 2.25. The van der Waals surface area contributed by atoms with E-state index in [1.54, 1.807) is 12.1 Å². The van der Waals surface area contributed by atoms with Crippen LogP contribution in [0.25, 0.3) is 17.0 Å². The van der Waals surface area contributed by atoms with Gasteiger partial charge in [0.2, 0.25) is 5.95 Å². The van der Waals surface area contributed by atoms with Crippen LogP contribution in [0.3, 0.4) is 0 Å². The van der Waals surface area contributed by atoms with E-state index >= 15 is 0 Å². The van der Waals surface area contributed by atoms with Gasteiger partial charge in [0, 0.05) is 16.7 Å². The number of hydrogen-bond donors (Lipinski definition) is 2. The molecule has 4 aromatic rings. The number of aromatic amines is 1. The summed E-state index contributed by atoms with van der Waals surface area (Å²) in [5.74, 6) is 1.62. The quantitative estimate of drug-likeness (QED) is 0.438. The number of aromatic nitrogens is 4. The average molecular weight is 438 g/mol. The topological polar surface area (TPSA) is 84.3 Å². The van der Waals surface area contributed by atoms with Gasteiger partial charge < -0.3 is 10.1 Å². The monoisotopic (exact) mass is 437 g/mol. The molecule has 160 valence electrons. The Balaban J connectivity index is 1.61. The summed E-state index contributed by atoms with van der Waals surface area (Å²) in [7, 11) is 0. The van der Waals surface area contributed by atoms with E-state index in [4.69, 9.17) is 16.3 Å². The lowest BCUT2D eigenvalue weighted by molar-refractivity contribution is 0.345. The number of H-pyrrole nitrogens is 1. The molecule has 0 atom stereocenters. The molecule has 0 bridgehead atoms. The molecule has 0 amide bonds. The van der Waals surface area contributed by atoms with Gasteiger partial charge in [-0.05, 0) is 41.7 Å². The summed E-state index contributed by atoms with van der Waals surface area (Å²) < 4.78 is 7.27. The molecule has 8 heteroatoms. The maximum atomic E-state index is 11.9. The van der Waals surface area contributed by atoms with E-state index in [-0.39, 0.29) is 17.7 Å². The van der Waals surface area contributed by atoms with Crippen molar-refractivity contribution in [3.8, 4) is 17.1 Å². The fourth-order valence-electron chi connectivity index (χ4n) is 3.17. The molecule has 2 aromatic carbocycles. The minimum absolute atomic E-state index is 0.0569. The van der Waals surface area contributed by atoms with Crippen LogP contribution in [0.2, 0.25) is 5.02 Å². The maximum Gasteiger partial charge on any atom is 0.266 e. The first-order valence-corrected chi connectivity index (χ1v) is 10.3. The molecule has 0 saturated heterocycles. The van der Waals surface area contributed by atoms with Crippen molar-refractivity contribution in [1.29, 1.82) is 0 Å². The molecule has 2 N–H and O–H groups in total. The van der Waals surface area contributed by atoms with Gasteiger partial charge in [0.25, 0.3) is 5.56 Å². The van der Waals surface area contributed by atoms with Crippen LogP contribution in [0.5, 0.6) is 5.75 Å². The molecule has 2 heterocycles. The molecule has 0 fully saturated rings. The van der Waals surface area contributed by atoms with Crippen molar-refractivity contribution in [3.05, 3.63) is 75.0 Å². The molecule has 31 heavy (non-hydrogen) atoms. The zero-order chi connectivity index (χ0) is 22.2. The number of nitrogens with zero attached hydrogens (tertiary/aromatic N) is 3. The van der Waals surface area contributed by atoms with E-state index in [1.165, 1.54) is 16.1 Å². The molecule has 0 radical (unpaired) electrons. The zero-order valence-corrected chi connectivity index (χ0v) is 18.6. The van der Waals surface area contributed by atoms with Crippen LogP contribution in [0.4, 0.5) is 5.95 Å². The second kappa shape index (κ2) is 8.07. The predicted octanol–water partition coefficient (Wildman–Crippen LogP) is 4.79. The highest BCUT2D eigenvalue weighted by atomic mass is 35.5. The first-order chi connectivity index (χ1) is 14.7. The van der Waals surface area contributed by atoms with Crippen molar-refractivity contribution in [2.24, 2.45) is 0 Å². The largest absolute Gasteiger partial charge is 0.473 e. The highest BCUT2D eigenvalue weighted by Gasteiger charge is 2.15. The zero-order valence-electron chi connectivity index (χ0n) is 17.9. The molecule has 0 aliphatic carbocycles. The Hall–Kier alpha value is -3.32. The Bertz CT molecular complexity index is 1290. The second-order valence-corrected chi connectivity index (χ2v) is 8.80. The Kier molecular flexibility index (Phi) is 5.45. The van der Waals surface area contributed by atoms with Gasteiger partial charge in [-0.1, -0.05) is 56.6 Å². The van der Waals surface area contributed by atoms with E-state index < -0.39 is 0 Å². The fourth-order valence-corrected chi connectivity index (χ4v) is 3.28. The Morgan fingerprint density at radius 2 is 1.84 bits per heavy atom. The SMILES string of the molecule is Cc1cc(OCNc2nc(-c3ccc(C(C)(C)C)cc3)nc3cc(=O)[nH]n23)ccc1Cl. The number of nitrogens with one attached hydrogen (secondary N) is 2. The third kappa shape index (κ3) is 4.56. The number of ether oxygens (including phenoxy) is 1.